The summed E-state index contributed by atoms with van der Waals surface area (Å²) in [6.07, 6.45) is 2.83. The van der Waals surface area contributed by atoms with Crippen molar-refractivity contribution in [3.05, 3.63) is 47.0 Å². The zero-order valence-electron chi connectivity index (χ0n) is 15.0. The van der Waals surface area contributed by atoms with Gasteiger partial charge in [0.25, 0.3) is 5.91 Å². The Kier molecular flexibility index (Phi) is 5.60. The van der Waals surface area contributed by atoms with Crippen LogP contribution in [0.3, 0.4) is 0 Å². The largest absolute Gasteiger partial charge is 0.495 e. The summed E-state index contributed by atoms with van der Waals surface area (Å²) in [6, 6.07) is 4.54. The van der Waals surface area contributed by atoms with Crippen LogP contribution in [0.25, 0.3) is 11.6 Å². The highest BCUT2D eigenvalue weighted by Gasteiger charge is 2.28. The molecule has 1 amide bonds. The van der Waals surface area contributed by atoms with Crippen LogP contribution in [0.5, 0.6) is 5.75 Å². The Morgan fingerprint density at radius 3 is 2.96 bits per heavy atom. The van der Waals surface area contributed by atoms with Crippen molar-refractivity contribution in [2.75, 3.05) is 25.5 Å². The molecule has 27 heavy (non-hydrogen) atoms. The van der Waals surface area contributed by atoms with Crippen molar-refractivity contribution in [3.8, 4) is 17.6 Å². The SMILES string of the molecule is COc1cc[nH]c1/C=C1\C(=O)Nc2ccc(F)c(C#CCNCC(C)O)c21. The topological polar surface area (TPSA) is 86.4 Å². The lowest BCUT2D eigenvalue weighted by Gasteiger charge is -2.05. The summed E-state index contributed by atoms with van der Waals surface area (Å²) in [5.74, 6) is 5.38. The number of benzene rings is 1. The number of methoxy groups -OCH3 is 1. The Balaban J connectivity index is 1.98. The molecule has 7 heteroatoms. The van der Waals surface area contributed by atoms with Gasteiger partial charge in [0.05, 0.1) is 42.3 Å². The number of nitrogens with one attached hydrogen (secondary N) is 3. The van der Waals surface area contributed by atoms with Gasteiger partial charge in [-0.3, -0.25) is 4.79 Å². The van der Waals surface area contributed by atoms with Gasteiger partial charge in [-0.25, -0.2) is 4.39 Å². The van der Waals surface area contributed by atoms with Crippen molar-refractivity contribution < 1.29 is 19.0 Å². The number of hydrogen-bond acceptors (Lipinski definition) is 4. The van der Waals surface area contributed by atoms with E-state index in [0.717, 1.165) is 0 Å². The van der Waals surface area contributed by atoms with E-state index >= 15 is 0 Å². The maximum atomic E-state index is 14.4. The van der Waals surface area contributed by atoms with Gasteiger partial charge >= 0.3 is 0 Å². The molecule has 1 aromatic carbocycles. The highest BCUT2D eigenvalue weighted by atomic mass is 19.1. The van der Waals surface area contributed by atoms with E-state index < -0.39 is 11.9 Å². The first kappa shape index (κ1) is 18.7. The second-order valence-electron chi connectivity index (χ2n) is 6.10. The molecule has 0 aliphatic carbocycles. The molecule has 6 nitrogen and oxygen atoms in total. The molecule has 0 radical (unpaired) electrons. The molecule has 3 rings (SSSR count). The van der Waals surface area contributed by atoms with Crippen LogP contribution in [0.4, 0.5) is 10.1 Å². The number of aromatic amines is 1. The molecule has 0 fully saturated rings. The molecule has 0 bridgehead atoms. The van der Waals surface area contributed by atoms with Crippen molar-refractivity contribution >= 4 is 23.2 Å². The maximum Gasteiger partial charge on any atom is 0.256 e. The van der Waals surface area contributed by atoms with E-state index in [0.29, 0.717) is 41.4 Å². The third-order valence-electron chi connectivity index (χ3n) is 4.03. The van der Waals surface area contributed by atoms with Gasteiger partial charge in [-0.1, -0.05) is 11.8 Å². The van der Waals surface area contributed by atoms with E-state index in [4.69, 9.17) is 4.74 Å². The van der Waals surface area contributed by atoms with E-state index in [-0.39, 0.29) is 11.5 Å². The summed E-state index contributed by atoms with van der Waals surface area (Å²) in [5, 5.41) is 14.9. The highest BCUT2D eigenvalue weighted by Crippen LogP contribution is 2.37. The smallest absolute Gasteiger partial charge is 0.256 e. The molecular formula is C20H20FN3O3. The van der Waals surface area contributed by atoms with E-state index in [9.17, 15) is 14.3 Å². The number of aliphatic hydroxyl groups excluding tert-OH is 1. The first-order valence-electron chi connectivity index (χ1n) is 8.46. The third-order valence-corrected chi connectivity index (χ3v) is 4.03. The van der Waals surface area contributed by atoms with Crippen molar-refractivity contribution in [1.82, 2.24) is 10.3 Å². The molecule has 1 aromatic heterocycles. The molecular weight excluding hydrogens is 349 g/mol. The summed E-state index contributed by atoms with van der Waals surface area (Å²) in [4.78, 5) is 15.4. The molecule has 0 saturated heterocycles. The van der Waals surface area contributed by atoms with Gasteiger partial charge < -0.3 is 25.5 Å². The number of carbonyl (C=O) groups is 1. The van der Waals surface area contributed by atoms with Gasteiger partial charge in [-0.2, -0.15) is 0 Å². The average molecular weight is 369 g/mol. The predicted octanol–water partition coefficient (Wildman–Crippen LogP) is 1.98. The standard InChI is InChI=1S/C20H20FN3O3/c1-12(25)11-22-8-3-4-13-15(21)5-6-16-19(13)14(20(26)24-16)10-17-18(27-2)7-9-23-17/h5-7,9-10,12,22-23,25H,8,11H2,1-2H3,(H,24,26)/b14-10-. The zero-order chi connectivity index (χ0) is 19.4. The Labute approximate surface area is 156 Å². The highest BCUT2D eigenvalue weighted by molar-refractivity contribution is 6.35. The number of aromatic nitrogens is 1. The lowest BCUT2D eigenvalue weighted by atomic mass is 9.99. The summed E-state index contributed by atoms with van der Waals surface area (Å²) in [6.45, 7) is 2.34. The van der Waals surface area contributed by atoms with E-state index in [2.05, 4.69) is 27.5 Å². The van der Waals surface area contributed by atoms with Crippen LogP contribution >= 0.6 is 0 Å². The van der Waals surface area contributed by atoms with E-state index in [1.807, 2.05) is 0 Å². The molecule has 2 aromatic rings. The molecule has 1 aliphatic rings. The minimum atomic E-state index is -0.502. The number of fused-ring (bicyclic) bond motifs is 1. The van der Waals surface area contributed by atoms with Gasteiger partial charge in [0.2, 0.25) is 0 Å². The Morgan fingerprint density at radius 2 is 2.22 bits per heavy atom. The second-order valence-corrected chi connectivity index (χ2v) is 6.10. The third kappa shape index (κ3) is 4.03. The molecule has 0 spiro atoms. The maximum absolute atomic E-state index is 14.4. The first-order chi connectivity index (χ1) is 13.0. The normalized spacial score (nSPS) is 15.1. The molecule has 4 N–H and O–H groups in total. The summed E-state index contributed by atoms with van der Waals surface area (Å²) in [5.41, 5.74) is 2.02. The Morgan fingerprint density at radius 1 is 1.41 bits per heavy atom. The van der Waals surface area contributed by atoms with Crippen LogP contribution in [0.1, 0.15) is 23.7 Å². The number of halogens is 1. The molecule has 0 saturated carbocycles. The van der Waals surface area contributed by atoms with Crippen LogP contribution in [-0.4, -0.2) is 42.3 Å². The molecule has 140 valence electrons. The van der Waals surface area contributed by atoms with Crippen molar-refractivity contribution in [2.45, 2.75) is 13.0 Å². The van der Waals surface area contributed by atoms with E-state index in [1.165, 1.54) is 19.2 Å². The molecule has 1 aliphatic heterocycles. The van der Waals surface area contributed by atoms with Gasteiger partial charge in [0.1, 0.15) is 11.6 Å². The van der Waals surface area contributed by atoms with Gasteiger partial charge in [-0.05, 0) is 31.2 Å². The number of H-pyrrole nitrogens is 1. The van der Waals surface area contributed by atoms with Gasteiger partial charge in [-0.15, -0.1) is 0 Å². The monoisotopic (exact) mass is 369 g/mol. The van der Waals surface area contributed by atoms with Crippen molar-refractivity contribution in [1.29, 1.82) is 0 Å². The fourth-order valence-corrected chi connectivity index (χ4v) is 2.80. The minimum Gasteiger partial charge on any atom is -0.495 e. The molecule has 2 heterocycles. The van der Waals surface area contributed by atoms with Crippen LogP contribution < -0.4 is 15.4 Å². The summed E-state index contributed by atoms with van der Waals surface area (Å²) >= 11 is 0. The zero-order valence-corrected chi connectivity index (χ0v) is 15.0. The number of anilines is 1. The summed E-state index contributed by atoms with van der Waals surface area (Å²) < 4.78 is 19.7. The van der Waals surface area contributed by atoms with Gasteiger partial charge in [0, 0.05) is 18.3 Å². The number of rotatable bonds is 5. The number of amides is 1. The van der Waals surface area contributed by atoms with Crippen LogP contribution in [0, 0.1) is 17.7 Å². The predicted molar refractivity (Wildman–Crippen MR) is 102 cm³/mol. The fourth-order valence-electron chi connectivity index (χ4n) is 2.80. The Bertz CT molecular complexity index is 951. The van der Waals surface area contributed by atoms with Crippen molar-refractivity contribution in [2.24, 2.45) is 0 Å². The number of hydrogen-bond donors (Lipinski definition) is 4. The Hall–Kier alpha value is -3.08. The lowest BCUT2D eigenvalue weighted by molar-refractivity contribution is -0.110. The molecule has 1 atom stereocenters. The first-order valence-corrected chi connectivity index (χ1v) is 8.46. The molecule has 1 unspecified atom stereocenters. The minimum absolute atomic E-state index is 0.154. The quantitative estimate of drug-likeness (QED) is 0.369. The van der Waals surface area contributed by atoms with Crippen LogP contribution in [-0.2, 0) is 4.79 Å². The van der Waals surface area contributed by atoms with Crippen LogP contribution in [0.15, 0.2) is 24.4 Å². The van der Waals surface area contributed by atoms with Gasteiger partial charge in [0.15, 0.2) is 0 Å². The lowest BCUT2D eigenvalue weighted by Crippen LogP contribution is -2.24. The number of aliphatic hydroxyl groups is 1. The second kappa shape index (κ2) is 8.08. The number of ether oxygens (including phenoxy) is 1. The number of carbonyl (C=O) groups excluding carboxylic acids is 1. The summed E-state index contributed by atoms with van der Waals surface area (Å²) in [7, 11) is 1.53. The van der Waals surface area contributed by atoms with Crippen LogP contribution in [0.2, 0.25) is 0 Å². The van der Waals surface area contributed by atoms with Crippen molar-refractivity contribution in [3.63, 3.8) is 0 Å². The van der Waals surface area contributed by atoms with E-state index in [1.54, 1.807) is 25.3 Å². The fraction of sp³-hybridized carbons (Fsp3) is 0.250. The average Bonchev–Trinajstić information content (AvgIpc) is 3.21.